The normalized spacial score (nSPS) is 12.0. The molecule has 23 heavy (non-hydrogen) atoms. The molecule has 0 aliphatic heterocycles. The Bertz CT molecular complexity index is 799. The van der Waals surface area contributed by atoms with Crippen LogP contribution in [0.25, 0.3) is 10.8 Å². The van der Waals surface area contributed by atoms with E-state index in [4.69, 9.17) is 4.84 Å². The molecule has 0 aromatic heterocycles. The summed E-state index contributed by atoms with van der Waals surface area (Å²) in [6, 6.07) is 24.7. The topological polar surface area (TPSA) is 38.3 Å². The Morgan fingerprint density at radius 3 is 2.35 bits per heavy atom. The van der Waals surface area contributed by atoms with E-state index in [-0.39, 0.29) is 11.8 Å². The zero-order chi connectivity index (χ0) is 16.1. The molecule has 3 aromatic carbocycles. The maximum absolute atomic E-state index is 12.0. The number of amides is 1. The van der Waals surface area contributed by atoms with Gasteiger partial charge in [-0.05, 0) is 21.9 Å². The van der Waals surface area contributed by atoms with Crippen molar-refractivity contribution in [3.8, 4) is 0 Å². The van der Waals surface area contributed by atoms with Crippen LogP contribution in [0.1, 0.15) is 23.5 Å². The molecule has 1 unspecified atom stereocenters. The smallest absolute Gasteiger partial charge is 0.244 e. The van der Waals surface area contributed by atoms with E-state index in [0.717, 1.165) is 11.1 Å². The van der Waals surface area contributed by atoms with Gasteiger partial charge in [0.2, 0.25) is 5.91 Å². The second kappa shape index (κ2) is 7.07. The Morgan fingerprint density at radius 2 is 1.61 bits per heavy atom. The zero-order valence-corrected chi connectivity index (χ0v) is 13.0. The van der Waals surface area contributed by atoms with Crippen LogP contribution in [0.3, 0.4) is 0 Å². The minimum atomic E-state index is -0.130. The molecule has 1 atom stereocenters. The summed E-state index contributed by atoms with van der Waals surface area (Å²) in [4.78, 5) is 16.8. The van der Waals surface area contributed by atoms with Crippen molar-refractivity contribution in [2.24, 2.45) is 0 Å². The summed E-state index contributed by atoms with van der Waals surface area (Å²) < 4.78 is 0. The van der Waals surface area contributed by atoms with Gasteiger partial charge in [-0.25, -0.2) is 5.48 Å². The van der Waals surface area contributed by atoms with Gasteiger partial charge in [-0.2, -0.15) is 0 Å². The lowest BCUT2D eigenvalue weighted by Crippen LogP contribution is -2.24. The third-order valence-corrected chi connectivity index (χ3v) is 3.98. The number of hydrogen-bond donors (Lipinski definition) is 1. The molecular weight excluding hydrogens is 286 g/mol. The van der Waals surface area contributed by atoms with Crippen LogP contribution in [-0.4, -0.2) is 13.0 Å². The van der Waals surface area contributed by atoms with Crippen molar-refractivity contribution >= 4 is 16.7 Å². The van der Waals surface area contributed by atoms with E-state index in [1.165, 1.54) is 17.9 Å². The fourth-order valence-electron chi connectivity index (χ4n) is 2.88. The number of carbonyl (C=O) groups is 1. The molecule has 116 valence electrons. The number of hydroxylamine groups is 1. The molecule has 1 amide bonds. The standard InChI is InChI=1S/C20H19NO2/c1-23-21-20(22)14-19(16-8-3-2-4-9-16)18-12-11-15-7-5-6-10-17(15)13-18/h2-13,19H,14H2,1H3,(H,21,22). The molecule has 3 aromatic rings. The van der Waals surface area contributed by atoms with E-state index >= 15 is 0 Å². The molecule has 1 N–H and O–H groups in total. The maximum Gasteiger partial charge on any atom is 0.244 e. The largest absolute Gasteiger partial charge is 0.277 e. The molecule has 0 spiro atoms. The Balaban J connectivity index is 2.00. The minimum Gasteiger partial charge on any atom is -0.277 e. The summed E-state index contributed by atoms with van der Waals surface area (Å²) in [6.45, 7) is 0. The van der Waals surface area contributed by atoms with Gasteiger partial charge in [-0.1, -0.05) is 72.8 Å². The molecular formula is C20H19NO2. The monoisotopic (exact) mass is 305 g/mol. The maximum atomic E-state index is 12.0. The van der Waals surface area contributed by atoms with Gasteiger partial charge >= 0.3 is 0 Å². The quantitative estimate of drug-likeness (QED) is 0.722. The van der Waals surface area contributed by atoms with Crippen molar-refractivity contribution in [2.45, 2.75) is 12.3 Å². The van der Waals surface area contributed by atoms with E-state index < -0.39 is 0 Å². The first-order chi connectivity index (χ1) is 11.3. The Labute approximate surface area is 135 Å². The molecule has 0 heterocycles. The van der Waals surface area contributed by atoms with Crippen LogP contribution < -0.4 is 5.48 Å². The first kappa shape index (κ1) is 15.3. The van der Waals surface area contributed by atoms with Gasteiger partial charge < -0.3 is 0 Å². The van der Waals surface area contributed by atoms with E-state index in [9.17, 15) is 4.79 Å². The van der Waals surface area contributed by atoms with Crippen molar-refractivity contribution in [2.75, 3.05) is 7.11 Å². The van der Waals surface area contributed by atoms with Gasteiger partial charge in [0, 0.05) is 12.3 Å². The molecule has 0 saturated carbocycles. The summed E-state index contributed by atoms with van der Waals surface area (Å²) in [6.07, 6.45) is 0.343. The molecule has 3 rings (SSSR count). The molecule has 0 bridgehead atoms. The van der Waals surface area contributed by atoms with Crippen molar-refractivity contribution in [3.63, 3.8) is 0 Å². The van der Waals surface area contributed by atoms with Crippen molar-refractivity contribution in [1.82, 2.24) is 5.48 Å². The number of benzene rings is 3. The Hall–Kier alpha value is -2.65. The highest BCUT2D eigenvalue weighted by atomic mass is 16.6. The second-order valence-electron chi connectivity index (χ2n) is 5.50. The van der Waals surface area contributed by atoms with E-state index in [1.54, 1.807) is 0 Å². The van der Waals surface area contributed by atoms with Crippen LogP contribution in [0.15, 0.2) is 72.8 Å². The van der Waals surface area contributed by atoms with Gasteiger partial charge in [0.05, 0.1) is 7.11 Å². The van der Waals surface area contributed by atoms with Crippen molar-refractivity contribution < 1.29 is 9.63 Å². The van der Waals surface area contributed by atoms with Crippen LogP contribution in [0, 0.1) is 0 Å². The lowest BCUT2D eigenvalue weighted by atomic mass is 9.87. The first-order valence-corrected chi connectivity index (χ1v) is 7.63. The van der Waals surface area contributed by atoms with Crippen molar-refractivity contribution in [3.05, 3.63) is 83.9 Å². The Morgan fingerprint density at radius 1 is 0.913 bits per heavy atom. The van der Waals surface area contributed by atoms with E-state index in [2.05, 4.69) is 47.9 Å². The molecule has 0 fully saturated rings. The zero-order valence-electron chi connectivity index (χ0n) is 13.0. The summed E-state index contributed by atoms with van der Waals surface area (Å²) in [7, 11) is 1.45. The Kier molecular flexibility index (Phi) is 4.69. The number of fused-ring (bicyclic) bond motifs is 1. The van der Waals surface area contributed by atoms with Crippen molar-refractivity contribution in [1.29, 1.82) is 0 Å². The van der Waals surface area contributed by atoms with Crippen LogP contribution in [0.5, 0.6) is 0 Å². The number of rotatable bonds is 5. The fourth-order valence-corrected chi connectivity index (χ4v) is 2.88. The average Bonchev–Trinajstić information content (AvgIpc) is 2.60. The number of carbonyl (C=O) groups excluding carboxylic acids is 1. The van der Waals surface area contributed by atoms with Gasteiger partial charge in [-0.3, -0.25) is 9.63 Å². The van der Waals surface area contributed by atoms with Gasteiger partial charge in [0.1, 0.15) is 0 Å². The second-order valence-corrected chi connectivity index (χ2v) is 5.50. The van der Waals surface area contributed by atoms with E-state index in [1.807, 2.05) is 30.3 Å². The molecule has 3 nitrogen and oxygen atoms in total. The van der Waals surface area contributed by atoms with E-state index in [0.29, 0.717) is 6.42 Å². The van der Waals surface area contributed by atoms with Gasteiger partial charge in [0.15, 0.2) is 0 Å². The summed E-state index contributed by atoms with van der Waals surface area (Å²) in [5, 5.41) is 2.38. The lowest BCUT2D eigenvalue weighted by molar-refractivity contribution is -0.131. The summed E-state index contributed by atoms with van der Waals surface area (Å²) >= 11 is 0. The fraction of sp³-hybridized carbons (Fsp3) is 0.150. The van der Waals surface area contributed by atoms with Gasteiger partial charge in [-0.15, -0.1) is 0 Å². The highest BCUT2D eigenvalue weighted by Gasteiger charge is 2.18. The third kappa shape index (κ3) is 3.58. The van der Waals surface area contributed by atoms with Crippen LogP contribution >= 0.6 is 0 Å². The van der Waals surface area contributed by atoms with Crippen LogP contribution in [-0.2, 0) is 9.63 Å². The first-order valence-electron chi connectivity index (χ1n) is 7.63. The van der Waals surface area contributed by atoms with Crippen LogP contribution in [0.4, 0.5) is 0 Å². The molecule has 0 aliphatic carbocycles. The number of hydrogen-bond acceptors (Lipinski definition) is 2. The molecule has 0 saturated heterocycles. The predicted octanol–water partition coefficient (Wildman–Crippen LogP) is 4.04. The van der Waals surface area contributed by atoms with Gasteiger partial charge in [0.25, 0.3) is 0 Å². The predicted molar refractivity (Wildman–Crippen MR) is 92.0 cm³/mol. The highest BCUT2D eigenvalue weighted by Crippen LogP contribution is 2.30. The molecule has 3 heteroatoms. The average molecular weight is 305 g/mol. The van der Waals surface area contributed by atoms with Crippen LogP contribution in [0.2, 0.25) is 0 Å². The minimum absolute atomic E-state index is 0.00374. The lowest BCUT2D eigenvalue weighted by Gasteiger charge is -2.18. The number of nitrogens with one attached hydrogen (secondary N) is 1. The molecule has 0 radical (unpaired) electrons. The SMILES string of the molecule is CONC(=O)CC(c1ccccc1)c1ccc2ccccc2c1. The summed E-state index contributed by atoms with van der Waals surface area (Å²) in [5.41, 5.74) is 4.66. The third-order valence-electron chi connectivity index (χ3n) is 3.98. The summed E-state index contributed by atoms with van der Waals surface area (Å²) in [5.74, 6) is -0.134. The highest BCUT2D eigenvalue weighted by molar-refractivity contribution is 5.84. The molecule has 0 aliphatic rings.